The van der Waals surface area contributed by atoms with Crippen LogP contribution in [0, 0.1) is 6.92 Å². The predicted octanol–water partition coefficient (Wildman–Crippen LogP) is 4.27. The zero-order chi connectivity index (χ0) is 22.6. The first-order valence-electron chi connectivity index (χ1n) is 10.4. The Bertz CT molecular complexity index is 1570. The lowest BCUT2D eigenvalue weighted by molar-refractivity contribution is -0.185. The van der Waals surface area contributed by atoms with Crippen molar-refractivity contribution in [3.05, 3.63) is 94.8 Å². The summed E-state index contributed by atoms with van der Waals surface area (Å²) >= 11 is 1.12. The molecular formula is C25H18N4O3S. The first-order chi connectivity index (χ1) is 16.0. The molecule has 1 aliphatic rings. The van der Waals surface area contributed by atoms with Gasteiger partial charge in [0.05, 0.1) is 34.7 Å². The highest BCUT2D eigenvalue weighted by atomic mass is 32.1. The molecule has 1 atom stereocenters. The van der Waals surface area contributed by atoms with E-state index in [2.05, 4.69) is 18.7 Å². The summed E-state index contributed by atoms with van der Waals surface area (Å²) in [5.41, 5.74) is 7.12. The highest BCUT2D eigenvalue weighted by Crippen LogP contribution is 2.45. The highest BCUT2D eigenvalue weighted by molar-refractivity contribution is 7.00. The van der Waals surface area contributed by atoms with Crippen LogP contribution in [0.3, 0.4) is 0 Å². The maximum absolute atomic E-state index is 13.2. The van der Waals surface area contributed by atoms with E-state index < -0.39 is 11.8 Å². The van der Waals surface area contributed by atoms with Crippen molar-refractivity contribution in [2.45, 2.75) is 19.1 Å². The van der Waals surface area contributed by atoms with Crippen molar-refractivity contribution < 1.29 is 14.6 Å². The van der Waals surface area contributed by atoms with Crippen molar-refractivity contribution in [1.82, 2.24) is 18.7 Å². The number of imidazole rings is 1. The van der Waals surface area contributed by atoms with Crippen LogP contribution in [0.1, 0.15) is 22.3 Å². The van der Waals surface area contributed by atoms with E-state index in [0.717, 1.165) is 39.4 Å². The summed E-state index contributed by atoms with van der Waals surface area (Å²) in [7, 11) is 0. The number of hydrogen-bond acceptors (Lipinski definition) is 7. The van der Waals surface area contributed by atoms with Gasteiger partial charge in [0.15, 0.2) is 0 Å². The summed E-state index contributed by atoms with van der Waals surface area (Å²) in [6.45, 7) is 1.97. The van der Waals surface area contributed by atoms with Crippen LogP contribution in [0.25, 0.3) is 27.6 Å². The summed E-state index contributed by atoms with van der Waals surface area (Å²) < 4.78 is 14.2. The van der Waals surface area contributed by atoms with Gasteiger partial charge in [-0.2, -0.15) is 8.75 Å². The van der Waals surface area contributed by atoms with Gasteiger partial charge in [0.2, 0.25) is 0 Å². The van der Waals surface area contributed by atoms with Crippen molar-refractivity contribution in [2.75, 3.05) is 0 Å². The monoisotopic (exact) mass is 454 g/mol. The minimum Gasteiger partial charge on any atom is -0.421 e. The topological polar surface area (TPSA) is 101 Å². The van der Waals surface area contributed by atoms with Crippen molar-refractivity contribution in [1.29, 1.82) is 0 Å². The molecule has 6 rings (SSSR count). The number of esters is 1. The second kappa shape index (κ2) is 7.33. The molecule has 1 unspecified atom stereocenters. The van der Waals surface area contributed by atoms with Crippen LogP contribution in [0.2, 0.25) is 0 Å². The fraction of sp³-hybridized carbons (Fsp3) is 0.120. The fourth-order valence-corrected chi connectivity index (χ4v) is 4.80. The molecule has 3 heterocycles. The molecular weight excluding hydrogens is 436 g/mol. The second-order valence-electron chi connectivity index (χ2n) is 8.15. The van der Waals surface area contributed by atoms with Crippen molar-refractivity contribution in [3.63, 3.8) is 0 Å². The van der Waals surface area contributed by atoms with Crippen LogP contribution in [0.4, 0.5) is 0 Å². The maximum atomic E-state index is 13.2. The Morgan fingerprint density at radius 2 is 1.79 bits per heavy atom. The molecule has 0 fully saturated rings. The number of cyclic esters (lactones) is 1. The minimum atomic E-state index is -1.88. The third-order valence-electron chi connectivity index (χ3n) is 6.01. The van der Waals surface area contributed by atoms with Gasteiger partial charge in [0.1, 0.15) is 11.0 Å². The average molecular weight is 455 g/mol. The molecule has 0 amide bonds. The average Bonchev–Trinajstić information content (AvgIpc) is 3.52. The molecule has 162 valence electrons. The molecule has 8 heteroatoms. The molecule has 0 saturated carbocycles. The van der Waals surface area contributed by atoms with Gasteiger partial charge in [-0.05, 0) is 42.3 Å². The van der Waals surface area contributed by atoms with Crippen molar-refractivity contribution >= 4 is 45.3 Å². The summed E-state index contributed by atoms with van der Waals surface area (Å²) in [5.74, 6) is -2.45. The van der Waals surface area contributed by atoms with Gasteiger partial charge in [-0.3, -0.25) is 0 Å². The molecule has 2 N–H and O–H groups in total. The number of fused-ring (bicyclic) bond motifs is 2. The number of hydrogen-bond donors (Lipinski definition) is 2. The van der Waals surface area contributed by atoms with Gasteiger partial charge < -0.3 is 14.8 Å². The van der Waals surface area contributed by atoms with Crippen LogP contribution in [0.5, 0.6) is 0 Å². The van der Waals surface area contributed by atoms with E-state index in [1.807, 2.05) is 55.5 Å². The van der Waals surface area contributed by atoms with Crippen LogP contribution in [0.15, 0.2) is 72.6 Å². The standard InChI is InChI=1S/C25H18N4O3S/c1-14-2-6-17(7-3-14)25(31)18(10-15-4-8-19-21(11-15)27-13-26-19)23(24(30)32-25)16-5-9-20-22(12-16)29-33-28-20/h2-9,11-13,31H,10H2,1H3,(H,26,27). The number of aliphatic hydroxyl groups is 1. The Kier molecular flexibility index (Phi) is 4.39. The number of rotatable bonds is 4. The van der Waals surface area contributed by atoms with Crippen LogP contribution >= 0.6 is 11.7 Å². The van der Waals surface area contributed by atoms with E-state index in [0.29, 0.717) is 34.2 Å². The SMILES string of the molecule is Cc1ccc(C2(O)OC(=O)C(c3ccc4nsnc4c3)=C2Cc2ccc3nc[nH]c3c2)cc1. The Morgan fingerprint density at radius 3 is 2.64 bits per heavy atom. The molecule has 3 aromatic carbocycles. The molecule has 0 bridgehead atoms. The quantitative estimate of drug-likeness (QED) is 0.393. The van der Waals surface area contributed by atoms with Crippen molar-refractivity contribution in [2.24, 2.45) is 0 Å². The van der Waals surface area contributed by atoms with Gasteiger partial charge in [0.25, 0.3) is 5.79 Å². The lowest BCUT2D eigenvalue weighted by Crippen LogP contribution is -2.29. The van der Waals surface area contributed by atoms with E-state index in [1.54, 1.807) is 18.5 Å². The van der Waals surface area contributed by atoms with E-state index >= 15 is 0 Å². The fourth-order valence-electron chi connectivity index (χ4n) is 4.29. The molecule has 33 heavy (non-hydrogen) atoms. The van der Waals surface area contributed by atoms with Gasteiger partial charge in [-0.15, -0.1) is 0 Å². The number of aryl methyl sites for hydroxylation is 1. The second-order valence-corrected chi connectivity index (χ2v) is 8.68. The Balaban J connectivity index is 1.55. The first kappa shape index (κ1) is 19.8. The summed E-state index contributed by atoms with van der Waals surface area (Å²) in [6.07, 6.45) is 1.95. The first-order valence-corrected chi connectivity index (χ1v) is 11.2. The molecule has 0 radical (unpaired) electrons. The molecule has 0 saturated heterocycles. The number of nitrogens with one attached hydrogen (secondary N) is 1. The van der Waals surface area contributed by atoms with E-state index in [-0.39, 0.29) is 0 Å². The highest BCUT2D eigenvalue weighted by Gasteiger charge is 2.48. The Morgan fingerprint density at radius 1 is 1.00 bits per heavy atom. The van der Waals surface area contributed by atoms with Crippen molar-refractivity contribution in [3.8, 4) is 0 Å². The molecule has 7 nitrogen and oxygen atoms in total. The van der Waals surface area contributed by atoms with E-state index in [1.165, 1.54) is 0 Å². The lowest BCUT2D eigenvalue weighted by Gasteiger charge is -2.26. The van der Waals surface area contributed by atoms with Gasteiger partial charge >= 0.3 is 5.97 Å². The lowest BCUT2D eigenvalue weighted by atomic mass is 9.87. The zero-order valence-corrected chi connectivity index (χ0v) is 18.4. The molecule has 2 aromatic heterocycles. The largest absolute Gasteiger partial charge is 0.421 e. The van der Waals surface area contributed by atoms with E-state index in [4.69, 9.17) is 4.74 Å². The zero-order valence-electron chi connectivity index (χ0n) is 17.6. The summed E-state index contributed by atoms with van der Waals surface area (Å²) in [5, 5.41) is 11.8. The predicted molar refractivity (Wildman–Crippen MR) is 125 cm³/mol. The number of benzene rings is 3. The molecule has 0 aliphatic carbocycles. The van der Waals surface area contributed by atoms with Crippen LogP contribution in [-0.2, 0) is 21.7 Å². The smallest absolute Gasteiger partial charge is 0.342 e. The number of carbonyl (C=O) groups is 1. The maximum Gasteiger partial charge on any atom is 0.342 e. The van der Waals surface area contributed by atoms with Crippen LogP contribution in [-0.4, -0.2) is 29.8 Å². The number of nitrogens with zero attached hydrogens (tertiary/aromatic N) is 3. The third kappa shape index (κ3) is 3.23. The number of aromatic amines is 1. The van der Waals surface area contributed by atoms with Crippen LogP contribution < -0.4 is 0 Å². The van der Waals surface area contributed by atoms with Gasteiger partial charge in [0, 0.05) is 17.6 Å². The Hall–Kier alpha value is -3.88. The molecule has 5 aromatic rings. The number of ether oxygens (including phenoxy) is 1. The van der Waals surface area contributed by atoms with E-state index in [9.17, 15) is 9.90 Å². The minimum absolute atomic E-state index is 0.313. The summed E-state index contributed by atoms with van der Waals surface area (Å²) in [4.78, 5) is 20.6. The van der Waals surface area contributed by atoms with Gasteiger partial charge in [-0.25, -0.2) is 9.78 Å². The number of H-pyrrole nitrogens is 1. The normalized spacial score (nSPS) is 18.4. The number of aromatic nitrogens is 4. The third-order valence-corrected chi connectivity index (χ3v) is 6.56. The number of carbonyl (C=O) groups excluding carboxylic acids is 1. The van der Waals surface area contributed by atoms with Gasteiger partial charge in [-0.1, -0.05) is 42.0 Å². The molecule has 1 aliphatic heterocycles. The molecule has 0 spiro atoms. The summed E-state index contributed by atoms with van der Waals surface area (Å²) in [6, 6.07) is 18.6. The Labute approximate surface area is 192 Å².